The van der Waals surface area contributed by atoms with E-state index in [4.69, 9.17) is 16.3 Å². The van der Waals surface area contributed by atoms with Gasteiger partial charge < -0.3 is 9.84 Å². The lowest BCUT2D eigenvalue weighted by molar-refractivity contribution is -0.131. The zero-order chi connectivity index (χ0) is 20.3. The van der Waals surface area contributed by atoms with Crippen molar-refractivity contribution in [3.63, 3.8) is 0 Å². The Hall–Kier alpha value is -1.31. The summed E-state index contributed by atoms with van der Waals surface area (Å²) in [6.07, 6.45) is 1.56. The van der Waals surface area contributed by atoms with Gasteiger partial charge in [-0.05, 0) is 99.4 Å². The van der Waals surface area contributed by atoms with Crippen molar-refractivity contribution < 1.29 is 14.6 Å². The summed E-state index contributed by atoms with van der Waals surface area (Å²) in [4.78, 5) is 16.2. The third-order valence-corrected chi connectivity index (χ3v) is 6.08. The van der Waals surface area contributed by atoms with Gasteiger partial charge in [-0.15, -0.1) is 5.10 Å². The molecule has 3 aromatic rings. The predicted molar refractivity (Wildman–Crippen MR) is 127 cm³/mol. The number of carbonyl (C=O) groups is 1. The molecule has 2 aromatic carbocycles. The number of hydrogen-bond acceptors (Lipinski definition) is 5. The number of aliphatic carboxylic acids is 1. The number of carboxylic acid groups (broad SMARTS) is 1. The van der Waals surface area contributed by atoms with E-state index in [1.165, 1.54) is 0 Å². The SMILES string of the molecule is COc1c(I)cc(I)cc1/C=C(\Sc1n[nH]c(-c2ccc(Cl)cc2)n1)C(=O)O. The highest BCUT2D eigenvalue weighted by atomic mass is 127. The molecule has 0 saturated heterocycles. The first-order valence-electron chi connectivity index (χ1n) is 7.71. The Kier molecular flexibility index (Phi) is 7.23. The minimum Gasteiger partial charge on any atom is -0.495 e. The number of nitrogens with one attached hydrogen (secondary N) is 1. The molecular formula is C18H12ClI2N3O3S. The van der Waals surface area contributed by atoms with Gasteiger partial charge >= 0.3 is 5.97 Å². The largest absolute Gasteiger partial charge is 0.495 e. The number of benzene rings is 2. The maximum Gasteiger partial charge on any atom is 0.342 e. The van der Waals surface area contributed by atoms with E-state index < -0.39 is 5.97 Å². The summed E-state index contributed by atoms with van der Waals surface area (Å²) >= 11 is 11.2. The molecule has 28 heavy (non-hydrogen) atoms. The molecule has 1 heterocycles. The average Bonchev–Trinajstić information content (AvgIpc) is 3.10. The fraction of sp³-hybridized carbons (Fsp3) is 0.0556. The summed E-state index contributed by atoms with van der Waals surface area (Å²) < 4.78 is 7.31. The molecule has 0 saturated carbocycles. The van der Waals surface area contributed by atoms with Crippen molar-refractivity contribution in [3.8, 4) is 17.1 Å². The van der Waals surface area contributed by atoms with Crippen molar-refractivity contribution in [3.05, 3.63) is 59.0 Å². The van der Waals surface area contributed by atoms with Crippen LogP contribution in [0.25, 0.3) is 17.5 Å². The predicted octanol–water partition coefficient (Wildman–Crippen LogP) is 5.56. The summed E-state index contributed by atoms with van der Waals surface area (Å²) in [6, 6.07) is 10.9. The Bertz CT molecular complexity index is 1050. The molecule has 1 aromatic heterocycles. The Labute approximate surface area is 197 Å². The summed E-state index contributed by atoms with van der Waals surface area (Å²) in [7, 11) is 1.56. The van der Waals surface area contributed by atoms with Gasteiger partial charge in [-0.2, -0.15) is 0 Å². The van der Waals surface area contributed by atoms with Crippen molar-refractivity contribution >= 4 is 80.6 Å². The molecule has 0 unspecified atom stereocenters. The van der Waals surface area contributed by atoms with Crippen LogP contribution in [0.3, 0.4) is 0 Å². The number of aromatic amines is 1. The monoisotopic (exact) mass is 639 g/mol. The zero-order valence-electron chi connectivity index (χ0n) is 14.2. The van der Waals surface area contributed by atoms with Crippen molar-refractivity contribution in [2.45, 2.75) is 5.16 Å². The fourth-order valence-corrected chi connectivity index (χ4v) is 5.24. The van der Waals surface area contributed by atoms with Gasteiger partial charge in [0.2, 0.25) is 5.16 Å². The third kappa shape index (κ3) is 5.19. The van der Waals surface area contributed by atoms with Crippen LogP contribution in [0.1, 0.15) is 5.56 Å². The van der Waals surface area contributed by atoms with E-state index in [1.54, 1.807) is 25.3 Å². The average molecular weight is 640 g/mol. The second-order valence-electron chi connectivity index (χ2n) is 5.40. The van der Waals surface area contributed by atoms with Crippen LogP contribution in [0.2, 0.25) is 5.02 Å². The molecule has 144 valence electrons. The highest BCUT2D eigenvalue weighted by molar-refractivity contribution is 14.1. The number of carboxylic acids is 1. The van der Waals surface area contributed by atoms with Crippen LogP contribution in [0, 0.1) is 7.14 Å². The molecular weight excluding hydrogens is 628 g/mol. The number of methoxy groups -OCH3 is 1. The minimum atomic E-state index is -1.07. The highest BCUT2D eigenvalue weighted by Crippen LogP contribution is 2.33. The van der Waals surface area contributed by atoms with Crippen LogP contribution in [-0.4, -0.2) is 33.4 Å². The van der Waals surface area contributed by atoms with Crippen LogP contribution < -0.4 is 4.74 Å². The number of aromatic nitrogens is 3. The van der Waals surface area contributed by atoms with Crippen molar-refractivity contribution in [2.24, 2.45) is 0 Å². The first-order valence-corrected chi connectivity index (χ1v) is 11.1. The zero-order valence-corrected chi connectivity index (χ0v) is 20.1. The number of hydrogen-bond donors (Lipinski definition) is 2. The van der Waals surface area contributed by atoms with Crippen molar-refractivity contribution in [2.75, 3.05) is 7.11 Å². The maximum absolute atomic E-state index is 11.8. The van der Waals surface area contributed by atoms with Crippen LogP contribution in [0.15, 0.2) is 46.5 Å². The third-order valence-electron chi connectivity index (χ3n) is 3.52. The van der Waals surface area contributed by atoms with Crippen LogP contribution in [0.4, 0.5) is 0 Å². The van der Waals surface area contributed by atoms with E-state index in [2.05, 4.69) is 60.4 Å². The van der Waals surface area contributed by atoms with E-state index in [0.29, 0.717) is 27.3 Å². The van der Waals surface area contributed by atoms with Crippen molar-refractivity contribution in [1.29, 1.82) is 0 Å². The van der Waals surface area contributed by atoms with Crippen LogP contribution >= 0.6 is 68.5 Å². The van der Waals surface area contributed by atoms with Crippen LogP contribution in [-0.2, 0) is 4.79 Å². The smallest absolute Gasteiger partial charge is 0.342 e. The Balaban J connectivity index is 1.92. The van der Waals surface area contributed by atoms with Gasteiger partial charge in [-0.3, -0.25) is 5.10 Å². The number of halogens is 3. The summed E-state index contributed by atoms with van der Waals surface area (Å²) in [5.74, 6) is 0.0845. The van der Waals surface area contributed by atoms with Gasteiger partial charge in [0.1, 0.15) is 10.7 Å². The summed E-state index contributed by atoms with van der Waals surface area (Å²) in [6.45, 7) is 0. The van der Waals surface area contributed by atoms with E-state index in [-0.39, 0.29) is 4.91 Å². The topological polar surface area (TPSA) is 88.1 Å². The molecule has 0 aliphatic heterocycles. The fourth-order valence-electron chi connectivity index (χ4n) is 2.31. The number of thioether (sulfide) groups is 1. The van der Waals surface area contributed by atoms with Crippen molar-refractivity contribution in [1.82, 2.24) is 15.2 Å². The molecule has 0 atom stereocenters. The van der Waals surface area contributed by atoms with E-state index in [0.717, 1.165) is 24.5 Å². The molecule has 10 heteroatoms. The quantitative estimate of drug-likeness (QED) is 0.209. The van der Waals surface area contributed by atoms with E-state index in [9.17, 15) is 9.90 Å². The standard InChI is InChI=1S/C18H12ClI2N3O3S/c1-27-15-10(6-12(20)8-13(15)21)7-14(17(25)26)28-18-22-16(23-24-18)9-2-4-11(19)5-3-9/h2-8H,1H3,(H,25,26)(H,22,23,24)/b14-7-. The highest BCUT2D eigenvalue weighted by Gasteiger charge is 2.16. The number of rotatable bonds is 6. The molecule has 0 radical (unpaired) electrons. The van der Waals surface area contributed by atoms with E-state index in [1.807, 2.05) is 24.3 Å². The first kappa shape index (κ1) is 21.4. The lowest BCUT2D eigenvalue weighted by atomic mass is 10.2. The normalized spacial score (nSPS) is 11.5. The van der Waals surface area contributed by atoms with E-state index >= 15 is 0 Å². The molecule has 0 aliphatic rings. The second kappa shape index (κ2) is 9.46. The molecule has 0 amide bonds. The minimum absolute atomic E-state index is 0.0813. The van der Waals surface area contributed by atoms with Crippen LogP contribution in [0.5, 0.6) is 5.75 Å². The number of ether oxygens (including phenoxy) is 1. The lowest BCUT2D eigenvalue weighted by Crippen LogP contribution is -1.99. The first-order chi connectivity index (χ1) is 13.4. The summed E-state index contributed by atoms with van der Waals surface area (Å²) in [5, 5.41) is 17.5. The van der Waals surface area contributed by atoms with Gasteiger partial charge in [-0.25, -0.2) is 9.78 Å². The summed E-state index contributed by atoms with van der Waals surface area (Å²) in [5.41, 5.74) is 1.48. The lowest BCUT2D eigenvalue weighted by Gasteiger charge is -2.09. The van der Waals surface area contributed by atoms with Gasteiger partial charge in [-0.1, -0.05) is 11.6 Å². The molecule has 0 aliphatic carbocycles. The molecule has 3 rings (SSSR count). The number of nitrogens with zero attached hydrogens (tertiary/aromatic N) is 2. The molecule has 2 N–H and O–H groups in total. The molecule has 0 bridgehead atoms. The second-order valence-corrected chi connectivity index (χ2v) is 9.25. The molecule has 0 fully saturated rings. The number of H-pyrrole nitrogens is 1. The van der Waals surface area contributed by atoms with Gasteiger partial charge in [0.25, 0.3) is 0 Å². The Morgan fingerprint density at radius 3 is 2.64 bits per heavy atom. The van der Waals surface area contributed by atoms with Gasteiger partial charge in [0.05, 0.1) is 10.7 Å². The Morgan fingerprint density at radius 1 is 1.29 bits per heavy atom. The van der Waals surface area contributed by atoms with Gasteiger partial charge in [0, 0.05) is 19.7 Å². The maximum atomic E-state index is 11.8. The van der Waals surface area contributed by atoms with Gasteiger partial charge in [0.15, 0.2) is 5.82 Å². The molecule has 6 nitrogen and oxygen atoms in total. The molecule has 0 spiro atoms. The Morgan fingerprint density at radius 2 is 2.00 bits per heavy atom.